The van der Waals surface area contributed by atoms with Crippen molar-refractivity contribution >= 4 is 44.7 Å². The lowest BCUT2D eigenvalue weighted by Crippen LogP contribution is -2.43. The standard InChI is InChI=1S/C25H21Cl2F3N8O5S/c1-12-5-13(26)6-16(23(41)32-18-10-44(42,43)11-21(18)40)15(12)8-20(39)19-7-14(9-37-35-24(33-36-37)25(28,29)30)34-38(19)22-17(27)3-2-4-31-22/h2-7,18,21,40H,8-11H2,1H3,(H,32,41). The summed E-state index contributed by atoms with van der Waals surface area (Å²) in [5.74, 6) is -3.69. The van der Waals surface area contributed by atoms with Crippen LogP contribution in [0.2, 0.25) is 10.0 Å². The first kappa shape index (κ1) is 31.5. The Hall–Kier alpha value is -3.93. The van der Waals surface area contributed by atoms with Crippen LogP contribution in [-0.4, -0.2) is 83.8 Å². The molecule has 0 saturated carbocycles. The Balaban J connectivity index is 1.49. The van der Waals surface area contributed by atoms with Gasteiger partial charge in [-0.05, 0) is 53.6 Å². The van der Waals surface area contributed by atoms with Crippen molar-refractivity contribution < 1.29 is 36.3 Å². The lowest BCUT2D eigenvalue weighted by molar-refractivity contribution is -0.145. The van der Waals surface area contributed by atoms with E-state index in [1.807, 2.05) is 0 Å². The van der Waals surface area contributed by atoms with Gasteiger partial charge >= 0.3 is 6.18 Å². The molecule has 0 radical (unpaired) electrons. The van der Waals surface area contributed by atoms with Gasteiger partial charge in [-0.3, -0.25) is 9.59 Å². The first-order chi connectivity index (χ1) is 20.6. The van der Waals surface area contributed by atoms with E-state index in [9.17, 15) is 36.3 Å². The van der Waals surface area contributed by atoms with Crippen molar-refractivity contribution in [3.05, 3.63) is 80.5 Å². The molecule has 4 aromatic rings. The lowest BCUT2D eigenvalue weighted by atomic mass is 9.95. The molecule has 19 heteroatoms. The Labute approximate surface area is 256 Å². The first-order valence-corrected chi connectivity index (χ1v) is 15.3. The van der Waals surface area contributed by atoms with Crippen molar-refractivity contribution in [2.45, 2.75) is 38.2 Å². The van der Waals surface area contributed by atoms with Gasteiger partial charge in [0.1, 0.15) is 12.2 Å². The molecule has 3 aromatic heterocycles. The summed E-state index contributed by atoms with van der Waals surface area (Å²) in [7, 11) is -3.56. The Bertz CT molecular complexity index is 1880. The summed E-state index contributed by atoms with van der Waals surface area (Å²) in [5.41, 5.74) is 0.692. The molecule has 1 fully saturated rings. The number of aliphatic hydroxyl groups excluding tert-OH is 1. The number of carbonyl (C=O) groups is 2. The highest BCUT2D eigenvalue weighted by Crippen LogP contribution is 2.27. The molecule has 2 unspecified atom stereocenters. The van der Waals surface area contributed by atoms with E-state index in [1.165, 1.54) is 30.5 Å². The van der Waals surface area contributed by atoms with Crippen LogP contribution in [0, 0.1) is 6.92 Å². The molecule has 1 aromatic carbocycles. The van der Waals surface area contributed by atoms with E-state index in [-0.39, 0.29) is 51.3 Å². The van der Waals surface area contributed by atoms with E-state index in [0.717, 1.165) is 4.68 Å². The molecule has 0 spiro atoms. The highest BCUT2D eigenvalue weighted by molar-refractivity contribution is 7.91. The van der Waals surface area contributed by atoms with Gasteiger partial charge in [0, 0.05) is 23.2 Å². The maximum absolute atomic E-state index is 13.8. The number of sulfone groups is 1. The highest BCUT2D eigenvalue weighted by Gasteiger charge is 2.38. The third-order valence-corrected chi connectivity index (χ3v) is 8.88. The predicted octanol–water partition coefficient (Wildman–Crippen LogP) is 2.25. The van der Waals surface area contributed by atoms with E-state index in [1.54, 1.807) is 13.0 Å². The quantitative estimate of drug-likeness (QED) is 0.264. The maximum atomic E-state index is 13.8. The fraction of sp³-hybridized carbons (Fsp3) is 0.320. The van der Waals surface area contributed by atoms with Gasteiger partial charge in [0.25, 0.3) is 11.7 Å². The number of hydrogen-bond donors (Lipinski definition) is 2. The lowest BCUT2D eigenvalue weighted by Gasteiger charge is -2.18. The van der Waals surface area contributed by atoms with E-state index < -0.39 is 57.2 Å². The number of amides is 1. The van der Waals surface area contributed by atoms with Gasteiger partial charge in [0.15, 0.2) is 21.4 Å². The Morgan fingerprint density at radius 3 is 2.55 bits per heavy atom. The number of alkyl halides is 3. The number of ketones is 1. The Morgan fingerprint density at radius 2 is 1.91 bits per heavy atom. The molecule has 1 aliphatic heterocycles. The third-order valence-electron chi connectivity index (χ3n) is 6.65. The van der Waals surface area contributed by atoms with Crippen LogP contribution < -0.4 is 5.32 Å². The summed E-state index contributed by atoms with van der Waals surface area (Å²) in [4.78, 5) is 31.9. The normalized spacial score (nSPS) is 18.0. The molecule has 232 valence electrons. The number of hydrogen-bond acceptors (Lipinski definition) is 10. The van der Waals surface area contributed by atoms with Crippen LogP contribution in [0.3, 0.4) is 0 Å². The largest absolute Gasteiger partial charge is 0.455 e. The number of rotatable bonds is 8. The molecular formula is C25H21Cl2F3N8O5S. The molecule has 2 N–H and O–H groups in total. The minimum absolute atomic E-state index is 0.0199. The Kier molecular flexibility index (Phi) is 8.50. The van der Waals surface area contributed by atoms with Crippen molar-refractivity contribution in [3.8, 4) is 5.82 Å². The average Bonchev–Trinajstić information content (AvgIpc) is 3.63. The summed E-state index contributed by atoms with van der Waals surface area (Å²) < 4.78 is 63.8. The van der Waals surface area contributed by atoms with Crippen molar-refractivity contribution in [2.75, 3.05) is 11.5 Å². The van der Waals surface area contributed by atoms with Gasteiger partial charge < -0.3 is 10.4 Å². The predicted molar refractivity (Wildman–Crippen MR) is 148 cm³/mol. The van der Waals surface area contributed by atoms with Crippen LogP contribution in [0.4, 0.5) is 13.2 Å². The molecule has 1 aliphatic rings. The van der Waals surface area contributed by atoms with Gasteiger partial charge in [-0.15, -0.1) is 10.2 Å². The van der Waals surface area contributed by atoms with Crippen LogP contribution >= 0.6 is 23.2 Å². The smallest absolute Gasteiger partial charge is 0.390 e. The van der Waals surface area contributed by atoms with E-state index in [0.29, 0.717) is 10.4 Å². The van der Waals surface area contributed by atoms with Crippen LogP contribution in [0.15, 0.2) is 36.5 Å². The minimum atomic E-state index is -4.81. The average molecular weight is 673 g/mol. The maximum Gasteiger partial charge on any atom is 0.455 e. The number of halogens is 5. The molecule has 5 rings (SSSR count). The summed E-state index contributed by atoms with van der Waals surface area (Å²) in [6, 6.07) is 6.13. The zero-order valence-corrected chi connectivity index (χ0v) is 24.8. The molecule has 0 aliphatic carbocycles. The molecular weight excluding hydrogens is 652 g/mol. The van der Waals surface area contributed by atoms with Crippen molar-refractivity contribution in [3.63, 3.8) is 0 Å². The summed E-state index contributed by atoms with van der Waals surface area (Å²) in [6.07, 6.45) is -5.11. The number of carbonyl (C=O) groups excluding carboxylic acids is 2. The van der Waals surface area contributed by atoms with Crippen molar-refractivity contribution in [1.82, 2.24) is 40.3 Å². The second kappa shape index (κ2) is 11.9. The first-order valence-electron chi connectivity index (χ1n) is 12.7. The number of benzene rings is 1. The highest BCUT2D eigenvalue weighted by atomic mass is 35.5. The van der Waals surface area contributed by atoms with Gasteiger partial charge in [0.05, 0.1) is 34.4 Å². The number of tetrazole rings is 1. The molecule has 0 bridgehead atoms. The van der Waals surface area contributed by atoms with Gasteiger partial charge in [-0.25, -0.2) is 18.1 Å². The number of aryl methyl sites for hydroxylation is 1. The molecule has 1 saturated heterocycles. The van der Waals surface area contributed by atoms with Crippen molar-refractivity contribution in [2.24, 2.45) is 0 Å². The monoisotopic (exact) mass is 672 g/mol. The van der Waals surface area contributed by atoms with Crippen LogP contribution in [0.5, 0.6) is 0 Å². The minimum Gasteiger partial charge on any atom is -0.390 e. The van der Waals surface area contributed by atoms with E-state index >= 15 is 0 Å². The Morgan fingerprint density at radius 1 is 1.16 bits per heavy atom. The van der Waals surface area contributed by atoms with Gasteiger partial charge in [-0.1, -0.05) is 23.2 Å². The number of pyridine rings is 1. The van der Waals surface area contributed by atoms with Crippen LogP contribution in [-0.2, 0) is 29.0 Å². The molecule has 4 heterocycles. The van der Waals surface area contributed by atoms with Crippen LogP contribution in [0.1, 0.15) is 43.5 Å². The van der Waals surface area contributed by atoms with Gasteiger partial charge in [-0.2, -0.15) is 23.1 Å². The third kappa shape index (κ3) is 6.74. The second-order valence-electron chi connectivity index (χ2n) is 9.96. The fourth-order valence-electron chi connectivity index (χ4n) is 4.64. The SMILES string of the molecule is Cc1cc(Cl)cc(C(=O)NC2CS(=O)(=O)CC2O)c1CC(=O)c1cc(Cn2nnc(C(F)(F)F)n2)nn1-c1ncccc1Cl. The van der Waals surface area contributed by atoms with E-state index in [4.69, 9.17) is 23.2 Å². The summed E-state index contributed by atoms with van der Waals surface area (Å²) in [6.45, 7) is 1.23. The molecule has 2 atom stereocenters. The number of nitrogens with zero attached hydrogens (tertiary/aromatic N) is 7. The van der Waals surface area contributed by atoms with Crippen LogP contribution in [0.25, 0.3) is 5.82 Å². The number of nitrogens with one attached hydrogen (secondary N) is 1. The number of Topliss-reactive ketones (excluding diaryl/α,β-unsaturated/α-hetero) is 1. The topological polar surface area (TPSA) is 175 Å². The summed E-state index contributed by atoms with van der Waals surface area (Å²) >= 11 is 12.5. The fourth-order valence-corrected chi connectivity index (χ4v) is 6.86. The second-order valence-corrected chi connectivity index (χ2v) is 13.0. The molecule has 44 heavy (non-hydrogen) atoms. The van der Waals surface area contributed by atoms with E-state index in [2.05, 4.69) is 30.8 Å². The van der Waals surface area contributed by atoms with Gasteiger partial charge in [0.2, 0.25) is 0 Å². The zero-order chi connectivity index (χ0) is 32.0. The molecule has 1 amide bonds. The summed E-state index contributed by atoms with van der Waals surface area (Å²) in [5, 5.41) is 26.9. The van der Waals surface area contributed by atoms with Crippen molar-refractivity contribution in [1.29, 1.82) is 0 Å². The zero-order valence-electron chi connectivity index (χ0n) is 22.5. The number of aliphatic hydroxyl groups is 1. The number of aromatic nitrogens is 7. The molecule has 13 nitrogen and oxygen atoms in total.